The van der Waals surface area contributed by atoms with Crippen LogP contribution in [0.3, 0.4) is 0 Å². The number of rotatable bonds is 0. The molecule has 2 aromatic rings. The second-order valence-corrected chi connectivity index (χ2v) is 6.77. The van der Waals surface area contributed by atoms with Crippen LogP contribution in [0.1, 0.15) is 40.6 Å². The second-order valence-electron chi connectivity index (χ2n) is 6.77. The standard InChI is InChI=1S/C20H16O2/c1-2-6-12-11(5-1)9-10-15-16-18-13-7-3-4-8-14(13)19(22-18)20(16)21-17(12)15/h1-10,15-20H/t15-,16-,17-,18-,19+,20-/m0/s1. The van der Waals surface area contributed by atoms with Crippen LogP contribution in [0, 0.1) is 11.8 Å². The lowest BCUT2D eigenvalue weighted by molar-refractivity contribution is -0.0396. The van der Waals surface area contributed by atoms with Crippen molar-refractivity contribution in [3.8, 4) is 0 Å². The number of hydrogen-bond acceptors (Lipinski definition) is 2. The van der Waals surface area contributed by atoms with Crippen LogP contribution in [0.5, 0.6) is 0 Å². The summed E-state index contributed by atoms with van der Waals surface area (Å²) in [5.74, 6) is 0.887. The summed E-state index contributed by atoms with van der Waals surface area (Å²) >= 11 is 0. The molecule has 4 aliphatic rings. The van der Waals surface area contributed by atoms with Gasteiger partial charge in [-0.1, -0.05) is 60.7 Å². The van der Waals surface area contributed by atoms with Gasteiger partial charge in [0, 0.05) is 11.8 Å². The molecule has 0 aromatic heterocycles. The van der Waals surface area contributed by atoms with Crippen molar-refractivity contribution in [3.05, 3.63) is 76.9 Å². The smallest absolute Gasteiger partial charge is 0.110 e. The zero-order chi connectivity index (χ0) is 14.3. The molecule has 0 amide bonds. The molecule has 6 rings (SSSR count). The van der Waals surface area contributed by atoms with Gasteiger partial charge in [0.2, 0.25) is 0 Å². The highest BCUT2D eigenvalue weighted by molar-refractivity contribution is 5.59. The Labute approximate surface area is 129 Å². The zero-order valence-corrected chi connectivity index (χ0v) is 12.1. The maximum absolute atomic E-state index is 6.53. The lowest BCUT2D eigenvalue weighted by Gasteiger charge is -2.27. The number of hydrogen-bond donors (Lipinski definition) is 0. The van der Waals surface area contributed by atoms with Crippen LogP contribution < -0.4 is 0 Å². The Hall–Kier alpha value is -1.90. The first-order valence-corrected chi connectivity index (χ1v) is 8.09. The highest BCUT2D eigenvalue weighted by atomic mass is 16.6. The fourth-order valence-corrected chi connectivity index (χ4v) is 4.95. The molecule has 3 aliphatic heterocycles. The fraction of sp³-hybridized carbons (Fsp3) is 0.300. The van der Waals surface area contributed by atoms with Gasteiger partial charge in [-0.3, -0.25) is 0 Å². The zero-order valence-electron chi connectivity index (χ0n) is 12.1. The maximum atomic E-state index is 6.53. The molecule has 2 heteroatoms. The molecule has 0 unspecified atom stereocenters. The summed E-state index contributed by atoms with van der Waals surface area (Å²) in [5, 5.41) is 0. The Morgan fingerprint density at radius 2 is 1.41 bits per heavy atom. The van der Waals surface area contributed by atoms with E-state index in [1.54, 1.807) is 0 Å². The molecular formula is C20H16O2. The highest BCUT2D eigenvalue weighted by Crippen LogP contribution is 2.64. The predicted octanol–water partition coefficient (Wildman–Crippen LogP) is 4.21. The van der Waals surface area contributed by atoms with Crippen molar-refractivity contribution >= 4 is 6.08 Å². The first kappa shape index (κ1) is 11.6. The van der Waals surface area contributed by atoms with Gasteiger partial charge in [0.15, 0.2) is 0 Å². The largest absolute Gasteiger partial charge is 0.366 e. The SMILES string of the molecule is C1=C[C@H]2[C@@H]3[C@H](O[C@H]2c2ccccc21)[C@@H]1O[C@H]3c2ccccc21. The van der Waals surface area contributed by atoms with E-state index in [1.807, 2.05) is 0 Å². The van der Waals surface area contributed by atoms with E-state index >= 15 is 0 Å². The third-order valence-electron chi connectivity index (χ3n) is 5.83. The van der Waals surface area contributed by atoms with E-state index in [-0.39, 0.29) is 24.4 Å². The Kier molecular flexibility index (Phi) is 2.06. The molecule has 0 N–H and O–H groups in total. The van der Waals surface area contributed by atoms with Crippen LogP contribution in [0.4, 0.5) is 0 Å². The quantitative estimate of drug-likeness (QED) is 0.723. The van der Waals surface area contributed by atoms with E-state index < -0.39 is 0 Å². The molecule has 1 aliphatic carbocycles. The number of ether oxygens (including phenoxy) is 2. The number of fused-ring (bicyclic) bond motifs is 12. The molecule has 22 heavy (non-hydrogen) atoms. The van der Waals surface area contributed by atoms with E-state index in [0.29, 0.717) is 11.8 Å². The summed E-state index contributed by atoms with van der Waals surface area (Å²) in [6, 6.07) is 17.3. The first-order valence-electron chi connectivity index (χ1n) is 8.09. The van der Waals surface area contributed by atoms with Crippen LogP contribution >= 0.6 is 0 Å². The van der Waals surface area contributed by atoms with E-state index in [1.165, 1.54) is 22.3 Å². The third-order valence-corrected chi connectivity index (χ3v) is 5.83. The molecular weight excluding hydrogens is 272 g/mol. The van der Waals surface area contributed by atoms with Crippen molar-refractivity contribution in [1.29, 1.82) is 0 Å². The van der Waals surface area contributed by atoms with Crippen LogP contribution in [-0.4, -0.2) is 6.10 Å². The van der Waals surface area contributed by atoms with Crippen molar-refractivity contribution in [3.63, 3.8) is 0 Å². The summed E-state index contributed by atoms with van der Waals surface area (Å²) in [6.45, 7) is 0. The van der Waals surface area contributed by atoms with Gasteiger partial charge in [-0.15, -0.1) is 0 Å². The van der Waals surface area contributed by atoms with Gasteiger partial charge >= 0.3 is 0 Å². The molecule has 2 bridgehead atoms. The summed E-state index contributed by atoms with van der Waals surface area (Å²) in [4.78, 5) is 0. The van der Waals surface area contributed by atoms with E-state index in [9.17, 15) is 0 Å². The molecule has 2 fully saturated rings. The van der Waals surface area contributed by atoms with Crippen LogP contribution in [-0.2, 0) is 9.47 Å². The van der Waals surface area contributed by atoms with Gasteiger partial charge < -0.3 is 9.47 Å². The second kappa shape index (κ2) is 3.89. The molecule has 0 spiro atoms. The lowest BCUT2D eigenvalue weighted by Crippen LogP contribution is -2.26. The summed E-state index contributed by atoms with van der Waals surface area (Å²) in [7, 11) is 0. The predicted molar refractivity (Wildman–Crippen MR) is 83.1 cm³/mol. The van der Waals surface area contributed by atoms with Crippen molar-refractivity contribution in [2.45, 2.75) is 24.4 Å². The molecule has 0 radical (unpaired) electrons. The normalized spacial score (nSPS) is 39.3. The monoisotopic (exact) mass is 288 g/mol. The minimum absolute atomic E-state index is 0.123. The van der Waals surface area contributed by atoms with Gasteiger partial charge in [0.05, 0.1) is 18.3 Å². The van der Waals surface area contributed by atoms with Crippen LogP contribution in [0.2, 0.25) is 0 Å². The molecule has 2 nitrogen and oxygen atoms in total. The van der Waals surface area contributed by atoms with Gasteiger partial charge in [-0.05, 0) is 22.3 Å². The molecule has 2 aromatic carbocycles. The van der Waals surface area contributed by atoms with E-state index in [4.69, 9.17) is 9.47 Å². The molecule has 6 atom stereocenters. The average molecular weight is 288 g/mol. The van der Waals surface area contributed by atoms with Crippen LogP contribution in [0.25, 0.3) is 6.08 Å². The highest BCUT2D eigenvalue weighted by Gasteiger charge is 2.61. The van der Waals surface area contributed by atoms with E-state index in [2.05, 4.69) is 60.7 Å². The summed E-state index contributed by atoms with van der Waals surface area (Å²) in [5.41, 5.74) is 5.36. The van der Waals surface area contributed by atoms with Crippen LogP contribution in [0.15, 0.2) is 54.6 Å². The summed E-state index contributed by atoms with van der Waals surface area (Å²) in [6.07, 6.45) is 5.34. The fourth-order valence-electron chi connectivity index (χ4n) is 4.95. The van der Waals surface area contributed by atoms with Gasteiger partial charge in [-0.25, -0.2) is 0 Å². The minimum Gasteiger partial charge on any atom is -0.366 e. The van der Waals surface area contributed by atoms with E-state index in [0.717, 1.165) is 0 Å². The Morgan fingerprint density at radius 3 is 2.27 bits per heavy atom. The average Bonchev–Trinajstić information content (AvgIpc) is 3.23. The van der Waals surface area contributed by atoms with Crippen molar-refractivity contribution in [2.24, 2.45) is 11.8 Å². The molecule has 108 valence electrons. The van der Waals surface area contributed by atoms with Crippen molar-refractivity contribution < 1.29 is 9.47 Å². The van der Waals surface area contributed by atoms with Crippen molar-refractivity contribution in [1.82, 2.24) is 0 Å². The Morgan fingerprint density at radius 1 is 0.682 bits per heavy atom. The lowest BCUT2D eigenvalue weighted by atomic mass is 9.73. The minimum atomic E-state index is 0.123. The van der Waals surface area contributed by atoms with Gasteiger partial charge in [0.1, 0.15) is 6.10 Å². The first-order chi connectivity index (χ1) is 10.9. The van der Waals surface area contributed by atoms with Crippen molar-refractivity contribution in [2.75, 3.05) is 0 Å². The molecule has 0 saturated carbocycles. The van der Waals surface area contributed by atoms with Gasteiger partial charge in [0.25, 0.3) is 0 Å². The summed E-state index contributed by atoms with van der Waals surface area (Å²) < 4.78 is 12.8. The topological polar surface area (TPSA) is 18.5 Å². The van der Waals surface area contributed by atoms with Gasteiger partial charge in [-0.2, -0.15) is 0 Å². The number of benzene rings is 2. The molecule has 2 saturated heterocycles. The maximum Gasteiger partial charge on any atom is 0.110 e. The Bertz CT molecular complexity index is 809. The molecule has 3 heterocycles. The third kappa shape index (κ3) is 1.25. The Balaban J connectivity index is 1.48.